The van der Waals surface area contributed by atoms with Crippen LogP contribution in [0.2, 0.25) is 0 Å². The molecule has 8 nitrogen and oxygen atoms in total. The van der Waals surface area contributed by atoms with E-state index in [1.807, 2.05) is 30.3 Å². The number of rotatable bonds is 11. The van der Waals surface area contributed by atoms with Gasteiger partial charge in [0.15, 0.2) is 23.2 Å². The molecule has 234 valence electrons. The number of aliphatic hydroxyl groups excluding tert-OH is 1. The van der Waals surface area contributed by atoms with E-state index in [9.17, 15) is 23.2 Å². The van der Waals surface area contributed by atoms with Gasteiger partial charge in [-0.05, 0) is 54.8 Å². The minimum Gasteiger partial charge on any atom is -0.396 e. The maximum absolute atomic E-state index is 13.7. The molecule has 0 atom stereocenters. The van der Waals surface area contributed by atoms with E-state index in [0.29, 0.717) is 41.9 Å². The molecule has 0 aliphatic heterocycles. The molecule has 2 aromatic heterocycles. The second kappa shape index (κ2) is 14.2. The normalized spacial score (nSPS) is 11.0. The van der Waals surface area contributed by atoms with E-state index in [4.69, 9.17) is 5.11 Å². The lowest BCUT2D eigenvalue weighted by molar-refractivity contribution is 0.0967. The van der Waals surface area contributed by atoms with Crippen LogP contribution < -0.4 is 5.56 Å². The van der Waals surface area contributed by atoms with Gasteiger partial charge in [0.25, 0.3) is 5.56 Å². The zero-order valence-corrected chi connectivity index (χ0v) is 25.5. The third-order valence-corrected chi connectivity index (χ3v) is 7.79. The van der Waals surface area contributed by atoms with Crippen molar-refractivity contribution in [3.8, 4) is 11.8 Å². The second-order valence-corrected chi connectivity index (χ2v) is 11.0. The van der Waals surface area contributed by atoms with Crippen molar-refractivity contribution >= 4 is 22.5 Å². The number of halogens is 2. The fourth-order valence-electron chi connectivity index (χ4n) is 5.15. The molecule has 0 aliphatic rings. The summed E-state index contributed by atoms with van der Waals surface area (Å²) >= 11 is 0. The van der Waals surface area contributed by atoms with Crippen molar-refractivity contribution in [2.75, 3.05) is 6.61 Å². The van der Waals surface area contributed by atoms with Crippen molar-refractivity contribution < 1.29 is 23.5 Å². The predicted molar refractivity (Wildman–Crippen MR) is 170 cm³/mol. The number of hydrogen-bond acceptors (Lipinski definition) is 6. The Labute approximate surface area is 264 Å². The van der Waals surface area contributed by atoms with E-state index < -0.39 is 17.2 Å². The highest BCUT2D eigenvalue weighted by molar-refractivity contribution is 5.97. The Kier molecular flexibility index (Phi) is 9.94. The van der Waals surface area contributed by atoms with Crippen molar-refractivity contribution in [1.82, 2.24) is 19.3 Å². The van der Waals surface area contributed by atoms with Crippen molar-refractivity contribution in [2.45, 2.75) is 45.6 Å². The summed E-state index contributed by atoms with van der Waals surface area (Å²) in [5, 5.41) is 9.74. The summed E-state index contributed by atoms with van der Waals surface area (Å²) in [5.74, 6) is 4.41. The van der Waals surface area contributed by atoms with Crippen LogP contribution in [0.5, 0.6) is 0 Å². The van der Waals surface area contributed by atoms with Gasteiger partial charge in [0.1, 0.15) is 11.4 Å². The highest BCUT2D eigenvalue weighted by Gasteiger charge is 2.21. The van der Waals surface area contributed by atoms with Crippen LogP contribution in [0.3, 0.4) is 0 Å². The van der Waals surface area contributed by atoms with Crippen LogP contribution >= 0.6 is 0 Å². The number of nitrogens with zero attached hydrogens (tertiary/aromatic N) is 4. The molecule has 0 radical (unpaired) electrons. The summed E-state index contributed by atoms with van der Waals surface area (Å²) in [6.07, 6.45) is 3.31. The zero-order valence-electron chi connectivity index (χ0n) is 25.5. The van der Waals surface area contributed by atoms with Gasteiger partial charge >= 0.3 is 0 Å². The van der Waals surface area contributed by atoms with Crippen LogP contribution in [0.1, 0.15) is 74.6 Å². The van der Waals surface area contributed by atoms with Gasteiger partial charge in [-0.1, -0.05) is 42.2 Å². The van der Waals surface area contributed by atoms with Crippen molar-refractivity contribution in [3.05, 3.63) is 128 Å². The molecule has 3 aromatic carbocycles. The van der Waals surface area contributed by atoms with E-state index in [0.717, 1.165) is 34.2 Å². The van der Waals surface area contributed by atoms with Gasteiger partial charge in [0.05, 0.1) is 12.1 Å². The van der Waals surface area contributed by atoms with Crippen molar-refractivity contribution in [2.24, 2.45) is 7.05 Å². The highest BCUT2D eigenvalue weighted by atomic mass is 19.2. The molecule has 2 heterocycles. The molecule has 5 rings (SSSR count). The van der Waals surface area contributed by atoms with Gasteiger partial charge in [-0.15, -0.1) is 0 Å². The maximum atomic E-state index is 13.7. The molecule has 10 heteroatoms. The fourth-order valence-corrected chi connectivity index (χ4v) is 5.15. The van der Waals surface area contributed by atoms with Crippen LogP contribution in [-0.4, -0.2) is 42.6 Å². The van der Waals surface area contributed by atoms with Gasteiger partial charge in [-0.2, -0.15) is 0 Å². The monoisotopic (exact) mass is 622 g/mol. The summed E-state index contributed by atoms with van der Waals surface area (Å²) in [6, 6.07) is 16.4. The van der Waals surface area contributed by atoms with E-state index >= 15 is 0 Å². The van der Waals surface area contributed by atoms with Crippen molar-refractivity contribution in [3.63, 3.8) is 0 Å². The number of carbonyl (C=O) groups excluding carboxylic acids is 2. The third-order valence-electron chi connectivity index (χ3n) is 7.79. The van der Waals surface area contributed by atoms with E-state index in [1.54, 1.807) is 37.0 Å². The Morgan fingerprint density at radius 3 is 2.43 bits per heavy atom. The summed E-state index contributed by atoms with van der Waals surface area (Å²) in [7, 11) is 1.64. The lowest BCUT2D eigenvalue weighted by atomic mass is 10.0. The minimum absolute atomic E-state index is 0.00306. The molecule has 5 aromatic rings. The Balaban J connectivity index is 1.20. The molecule has 0 saturated carbocycles. The largest absolute Gasteiger partial charge is 0.396 e. The number of benzene rings is 3. The first kappa shape index (κ1) is 32.1. The van der Waals surface area contributed by atoms with Crippen LogP contribution in [0.15, 0.2) is 71.7 Å². The van der Waals surface area contributed by atoms with E-state index in [2.05, 4.69) is 21.8 Å². The number of ketones is 2. The standard InChI is InChI=1S/C36H32F2N4O4/c1-23-35(36(46)42(41(23)2)22-26-11-15-29(37)30(38)19-26)33(45)7-4-3-6-24-12-16-31-28(18-24)21-39-34(40-31)20-25-9-13-27(14-10-25)32(44)8-5-17-43/h9-16,18-19,21,43H,4-5,7-8,17,20,22H2,1-2H3. The highest BCUT2D eigenvalue weighted by Crippen LogP contribution is 2.17. The Bertz CT molecular complexity index is 2050. The van der Waals surface area contributed by atoms with Crippen LogP contribution in [-0.2, 0) is 20.0 Å². The average Bonchev–Trinajstić information content (AvgIpc) is 3.26. The van der Waals surface area contributed by atoms with Gasteiger partial charge in [-0.25, -0.2) is 23.4 Å². The molecule has 1 N–H and O–H groups in total. The molecule has 0 bridgehead atoms. The zero-order chi connectivity index (χ0) is 32.8. The second-order valence-electron chi connectivity index (χ2n) is 11.0. The lowest BCUT2D eigenvalue weighted by Crippen LogP contribution is -2.25. The fraction of sp³-hybridized carbons (Fsp3) is 0.250. The van der Waals surface area contributed by atoms with Gasteiger partial charge in [0, 0.05) is 67.7 Å². The molecular formula is C36H32F2N4O4. The Morgan fingerprint density at radius 2 is 1.70 bits per heavy atom. The van der Waals surface area contributed by atoms with Crippen LogP contribution in [0.4, 0.5) is 8.78 Å². The summed E-state index contributed by atoms with van der Waals surface area (Å²) in [6.45, 7) is 1.66. The topological polar surface area (TPSA) is 107 Å². The van der Waals surface area contributed by atoms with Crippen molar-refractivity contribution in [1.29, 1.82) is 0 Å². The van der Waals surface area contributed by atoms with E-state index in [-0.39, 0.29) is 43.1 Å². The number of aliphatic hydroxyl groups is 1. The molecule has 46 heavy (non-hydrogen) atoms. The molecule has 0 spiro atoms. The number of carbonyl (C=O) groups is 2. The average molecular weight is 623 g/mol. The third kappa shape index (κ3) is 7.33. The predicted octanol–water partition coefficient (Wildman–Crippen LogP) is 5.33. The first-order chi connectivity index (χ1) is 22.1. The molecule has 0 unspecified atom stereocenters. The number of aromatic nitrogens is 4. The summed E-state index contributed by atoms with van der Waals surface area (Å²) in [4.78, 5) is 47.3. The number of fused-ring (bicyclic) bond motifs is 1. The SMILES string of the molecule is Cc1c(C(=O)CCC#Cc2ccc3nc(Cc4ccc(C(=O)CCCO)cc4)ncc3c2)c(=O)n(Cc2ccc(F)c(F)c2)n1C. The molecule has 0 fully saturated rings. The molecule has 0 aliphatic carbocycles. The number of Topliss-reactive ketones (excluding diaryl/α,β-unsaturated/α-hetero) is 2. The van der Waals surface area contributed by atoms with E-state index in [1.165, 1.54) is 10.7 Å². The maximum Gasteiger partial charge on any atom is 0.278 e. The summed E-state index contributed by atoms with van der Waals surface area (Å²) in [5.41, 5.74) is 3.56. The van der Waals surface area contributed by atoms with Gasteiger partial charge in [0.2, 0.25) is 0 Å². The first-order valence-corrected chi connectivity index (χ1v) is 14.9. The smallest absolute Gasteiger partial charge is 0.278 e. The lowest BCUT2D eigenvalue weighted by Gasteiger charge is -2.08. The van der Waals surface area contributed by atoms with Gasteiger partial charge in [-0.3, -0.25) is 19.1 Å². The van der Waals surface area contributed by atoms with Crippen LogP contribution in [0, 0.1) is 30.4 Å². The minimum atomic E-state index is -1.00. The molecule has 0 amide bonds. The van der Waals surface area contributed by atoms with Crippen LogP contribution in [0.25, 0.3) is 10.9 Å². The summed E-state index contributed by atoms with van der Waals surface area (Å²) < 4.78 is 29.8. The molecular weight excluding hydrogens is 590 g/mol. The quantitative estimate of drug-likeness (QED) is 0.158. The van der Waals surface area contributed by atoms with Gasteiger partial charge < -0.3 is 5.11 Å². The Morgan fingerprint density at radius 1 is 0.935 bits per heavy atom. The molecule has 0 saturated heterocycles. The Hall–Kier alpha value is -5.27. The number of hydrogen-bond donors (Lipinski definition) is 1. The first-order valence-electron chi connectivity index (χ1n) is 14.9.